The van der Waals surface area contributed by atoms with Gasteiger partial charge >= 0.3 is 0 Å². The maximum Gasteiger partial charge on any atom is 0.0393 e. The monoisotopic (exact) mass is 248 g/mol. The molecule has 0 atom stereocenters. The summed E-state index contributed by atoms with van der Waals surface area (Å²) < 4.78 is 0. The Hall–Kier alpha value is -1.02. The number of hydrogen-bond donors (Lipinski definition) is 1. The van der Waals surface area contributed by atoms with E-state index in [1.165, 1.54) is 16.8 Å². The zero-order chi connectivity index (χ0) is 14.1. The van der Waals surface area contributed by atoms with Crippen molar-refractivity contribution >= 4 is 5.69 Å². The zero-order valence-electron chi connectivity index (χ0n) is 13.0. The molecule has 0 saturated carbocycles. The first-order valence-corrected chi connectivity index (χ1v) is 6.62. The molecule has 1 aromatic carbocycles. The summed E-state index contributed by atoms with van der Waals surface area (Å²) in [7, 11) is 2.14. The molecule has 0 amide bonds. The molecule has 102 valence electrons. The summed E-state index contributed by atoms with van der Waals surface area (Å²) >= 11 is 0. The first-order chi connectivity index (χ1) is 8.04. The quantitative estimate of drug-likeness (QED) is 0.883. The van der Waals surface area contributed by atoms with Crippen molar-refractivity contribution in [1.82, 2.24) is 0 Å². The summed E-state index contributed by atoms with van der Waals surface area (Å²) in [5.41, 5.74) is 10.1. The van der Waals surface area contributed by atoms with E-state index in [9.17, 15) is 0 Å². The average Bonchev–Trinajstić information content (AvgIpc) is 2.14. The van der Waals surface area contributed by atoms with E-state index in [1.54, 1.807) is 0 Å². The molecule has 0 aliphatic heterocycles. The highest BCUT2D eigenvalue weighted by atomic mass is 15.1. The van der Waals surface area contributed by atoms with Gasteiger partial charge in [0, 0.05) is 24.8 Å². The van der Waals surface area contributed by atoms with Gasteiger partial charge in [-0.15, -0.1) is 0 Å². The van der Waals surface area contributed by atoms with Gasteiger partial charge in [0.25, 0.3) is 0 Å². The molecule has 2 nitrogen and oxygen atoms in total. The number of aryl methyl sites for hydroxylation is 2. The molecule has 0 aromatic heterocycles. The molecular formula is C16H28N2. The van der Waals surface area contributed by atoms with E-state index in [4.69, 9.17) is 5.73 Å². The summed E-state index contributed by atoms with van der Waals surface area (Å²) in [4.78, 5) is 2.31. The third-order valence-corrected chi connectivity index (χ3v) is 4.14. The van der Waals surface area contributed by atoms with Gasteiger partial charge in [-0.1, -0.05) is 31.5 Å². The summed E-state index contributed by atoms with van der Waals surface area (Å²) in [6, 6.07) is 6.59. The lowest BCUT2D eigenvalue weighted by atomic mass is 9.75. The van der Waals surface area contributed by atoms with Crippen molar-refractivity contribution in [3.05, 3.63) is 29.3 Å². The molecule has 0 heterocycles. The second-order valence-electron chi connectivity index (χ2n) is 6.75. The van der Waals surface area contributed by atoms with Crippen LogP contribution in [0.2, 0.25) is 0 Å². The van der Waals surface area contributed by atoms with Gasteiger partial charge in [-0.05, 0) is 44.7 Å². The SMILES string of the molecule is Cc1ccc(N(C)CC(C)(C)C(C)(C)N)c(C)c1. The molecular weight excluding hydrogens is 220 g/mol. The molecule has 0 bridgehead atoms. The van der Waals surface area contributed by atoms with Crippen molar-refractivity contribution < 1.29 is 0 Å². The highest BCUT2D eigenvalue weighted by Gasteiger charge is 2.34. The molecule has 0 saturated heterocycles. The predicted molar refractivity (Wildman–Crippen MR) is 81.2 cm³/mol. The molecule has 0 aliphatic carbocycles. The van der Waals surface area contributed by atoms with Crippen molar-refractivity contribution in [1.29, 1.82) is 0 Å². The second kappa shape index (κ2) is 4.93. The molecule has 0 aliphatic rings. The number of rotatable bonds is 4. The van der Waals surface area contributed by atoms with E-state index in [0.717, 1.165) is 6.54 Å². The summed E-state index contributed by atoms with van der Waals surface area (Å²) in [5.74, 6) is 0. The van der Waals surface area contributed by atoms with E-state index < -0.39 is 0 Å². The number of anilines is 1. The van der Waals surface area contributed by atoms with Crippen LogP contribution < -0.4 is 10.6 Å². The summed E-state index contributed by atoms with van der Waals surface area (Å²) in [5, 5.41) is 0. The van der Waals surface area contributed by atoms with Crippen molar-refractivity contribution in [3.63, 3.8) is 0 Å². The largest absolute Gasteiger partial charge is 0.374 e. The van der Waals surface area contributed by atoms with Crippen molar-refractivity contribution in [2.75, 3.05) is 18.5 Å². The Balaban J connectivity index is 2.92. The van der Waals surface area contributed by atoms with E-state index in [2.05, 4.69) is 71.7 Å². The van der Waals surface area contributed by atoms with E-state index in [0.29, 0.717) is 0 Å². The van der Waals surface area contributed by atoms with Gasteiger partial charge in [-0.25, -0.2) is 0 Å². The first kappa shape index (κ1) is 15.0. The molecule has 2 N–H and O–H groups in total. The number of nitrogens with zero attached hydrogens (tertiary/aromatic N) is 1. The highest BCUT2D eigenvalue weighted by molar-refractivity contribution is 5.54. The van der Waals surface area contributed by atoms with Gasteiger partial charge in [0.15, 0.2) is 0 Å². The predicted octanol–water partition coefficient (Wildman–Crippen LogP) is 3.50. The Labute approximate surface area is 112 Å². The van der Waals surface area contributed by atoms with Crippen LogP contribution in [0.1, 0.15) is 38.8 Å². The minimum absolute atomic E-state index is 0.0546. The molecule has 1 aromatic rings. The lowest BCUT2D eigenvalue weighted by Crippen LogP contribution is -2.52. The Morgan fingerprint density at radius 2 is 1.67 bits per heavy atom. The smallest absolute Gasteiger partial charge is 0.0393 e. The van der Waals surface area contributed by atoms with Crippen molar-refractivity contribution in [3.8, 4) is 0 Å². The number of nitrogens with two attached hydrogens (primary N) is 1. The fourth-order valence-corrected chi connectivity index (χ4v) is 2.12. The third kappa shape index (κ3) is 3.26. The van der Waals surface area contributed by atoms with Crippen molar-refractivity contribution in [2.45, 2.75) is 47.1 Å². The van der Waals surface area contributed by atoms with Crippen LogP contribution in [0.15, 0.2) is 18.2 Å². The summed E-state index contributed by atoms with van der Waals surface area (Å²) in [6.45, 7) is 13.9. The average molecular weight is 248 g/mol. The Morgan fingerprint density at radius 1 is 1.11 bits per heavy atom. The van der Waals surface area contributed by atoms with E-state index in [1.807, 2.05) is 0 Å². The molecule has 2 heteroatoms. The zero-order valence-corrected chi connectivity index (χ0v) is 13.0. The molecule has 1 rings (SSSR count). The first-order valence-electron chi connectivity index (χ1n) is 6.62. The van der Waals surface area contributed by atoms with Crippen LogP contribution >= 0.6 is 0 Å². The second-order valence-corrected chi connectivity index (χ2v) is 6.75. The lowest BCUT2D eigenvalue weighted by Gasteiger charge is -2.42. The topological polar surface area (TPSA) is 29.3 Å². The fourth-order valence-electron chi connectivity index (χ4n) is 2.12. The van der Waals surface area contributed by atoms with Gasteiger partial charge in [0.2, 0.25) is 0 Å². The van der Waals surface area contributed by atoms with Crippen molar-refractivity contribution in [2.24, 2.45) is 11.1 Å². The molecule has 0 spiro atoms. The highest BCUT2D eigenvalue weighted by Crippen LogP contribution is 2.31. The van der Waals surface area contributed by atoms with Crippen LogP contribution in [-0.4, -0.2) is 19.1 Å². The van der Waals surface area contributed by atoms with Crippen LogP contribution in [0.3, 0.4) is 0 Å². The maximum absolute atomic E-state index is 6.28. The van der Waals surface area contributed by atoms with Gasteiger partial charge in [0.05, 0.1) is 0 Å². The molecule has 0 unspecified atom stereocenters. The Morgan fingerprint density at radius 3 is 2.11 bits per heavy atom. The standard InChI is InChI=1S/C16H28N2/c1-12-8-9-14(13(2)10-12)18(7)11-15(3,4)16(5,6)17/h8-10H,11,17H2,1-7H3. The normalized spacial score (nSPS) is 12.7. The van der Waals surface area contributed by atoms with Crippen LogP contribution in [0.25, 0.3) is 0 Å². The van der Waals surface area contributed by atoms with Crippen LogP contribution in [0, 0.1) is 19.3 Å². The third-order valence-electron chi connectivity index (χ3n) is 4.14. The molecule has 0 fully saturated rings. The van der Waals surface area contributed by atoms with E-state index in [-0.39, 0.29) is 11.0 Å². The Kier molecular flexibility index (Phi) is 4.12. The molecule has 18 heavy (non-hydrogen) atoms. The fraction of sp³-hybridized carbons (Fsp3) is 0.625. The maximum atomic E-state index is 6.28. The Bertz CT molecular complexity index is 414. The van der Waals surface area contributed by atoms with Gasteiger partial charge < -0.3 is 10.6 Å². The van der Waals surface area contributed by atoms with Crippen LogP contribution in [0.4, 0.5) is 5.69 Å². The minimum atomic E-state index is -0.195. The van der Waals surface area contributed by atoms with E-state index >= 15 is 0 Å². The lowest BCUT2D eigenvalue weighted by molar-refractivity contribution is 0.210. The number of hydrogen-bond acceptors (Lipinski definition) is 2. The molecule has 0 radical (unpaired) electrons. The van der Waals surface area contributed by atoms with Gasteiger partial charge in [-0.2, -0.15) is 0 Å². The van der Waals surface area contributed by atoms with Gasteiger partial charge in [-0.3, -0.25) is 0 Å². The summed E-state index contributed by atoms with van der Waals surface area (Å²) in [6.07, 6.45) is 0. The van der Waals surface area contributed by atoms with Crippen LogP contribution in [-0.2, 0) is 0 Å². The number of benzene rings is 1. The van der Waals surface area contributed by atoms with Gasteiger partial charge in [0.1, 0.15) is 0 Å². The minimum Gasteiger partial charge on any atom is -0.374 e. The van der Waals surface area contributed by atoms with Crippen LogP contribution in [0.5, 0.6) is 0 Å².